The Balaban J connectivity index is 1.52. The van der Waals surface area contributed by atoms with E-state index in [1.807, 2.05) is 36.4 Å². The molecule has 0 amide bonds. The lowest BCUT2D eigenvalue weighted by Crippen LogP contribution is -2.52. The predicted molar refractivity (Wildman–Crippen MR) is 201 cm³/mol. The van der Waals surface area contributed by atoms with Gasteiger partial charge in [-0.2, -0.15) is 0 Å². The summed E-state index contributed by atoms with van der Waals surface area (Å²) in [5.41, 5.74) is 1.46. The molecule has 54 heavy (non-hydrogen) atoms. The van der Waals surface area contributed by atoms with E-state index in [2.05, 4.69) is 0 Å². The number of rotatable bonds is 16. The first-order chi connectivity index (χ1) is 26.0. The maximum Gasteiger partial charge on any atom is 0.263 e. The quantitative estimate of drug-likeness (QED) is 0.0556. The predicted octanol–water partition coefficient (Wildman–Crippen LogP) is 8.95. The number of hydrogen-bond acceptors (Lipinski definition) is 6. The van der Waals surface area contributed by atoms with Crippen LogP contribution in [0.25, 0.3) is 0 Å². The lowest BCUT2D eigenvalue weighted by molar-refractivity contribution is -0.258. The van der Waals surface area contributed by atoms with Gasteiger partial charge in [0.1, 0.15) is 36.0 Å². The fourth-order valence-electron chi connectivity index (χ4n) is 5.66. The van der Waals surface area contributed by atoms with Crippen LogP contribution in [-0.2, 0) is 40.9 Å². The van der Waals surface area contributed by atoms with Crippen molar-refractivity contribution in [3.63, 3.8) is 0 Å². The summed E-state index contributed by atoms with van der Waals surface area (Å²) in [6.45, 7) is 0.928. The minimum Gasteiger partial charge on any atom is -0.371 e. The van der Waals surface area contributed by atoms with Gasteiger partial charge in [-0.15, -0.1) is 0 Å². The van der Waals surface area contributed by atoms with Crippen molar-refractivity contribution in [2.24, 2.45) is 0 Å². The zero-order valence-electron chi connectivity index (χ0n) is 29.1. The smallest absolute Gasteiger partial charge is 0.263 e. The third kappa shape index (κ3) is 9.16. The molecule has 0 N–H and O–H groups in total. The average Bonchev–Trinajstić information content (AvgIpc) is 3.18. The minimum atomic E-state index is -4.40. The van der Waals surface area contributed by atoms with Gasteiger partial charge in [-0.1, -0.05) is 60.7 Å². The summed E-state index contributed by atoms with van der Waals surface area (Å²) < 4.78 is 114. The molecule has 0 aliphatic carbocycles. The Morgan fingerprint density at radius 3 is 1.24 bits per heavy atom. The lowest BCUT2D eigenvalue weighted by atomic mass is 10.1. The highest BCUT2D eigenvalue weighted by molar-refractivity contribution is 7.74. The van der Waals surface area contributed by atoms with E-state index >= 15 is 9.13 Å². The van der Waals surface area contributed by atoms with Gasteiger partial charge in [-0.05, 0) is 115 Å². The summed E-state index contributed by atoms with van der Waals surface area (Å²) in [6.07, 6.45) is -1.42. The Morgan fingerprint density at radius 1 is 0.500 bits per heavy atom. The van der Waals surface area contributed by atoms with E-state index < -0.39 is 56.5 Å². The Labute approximate surface area is 311 Å². The molecule has 2 atom stereocenters. The van der Waals surface area contributed by atoms with Crippen LogP contribution in [0.4, 0.5) is 17.6 Å². The second-order valence-electron chi connectivity index (χ2n) is 12.4. The highest BCUT2D eigenvalue weighted by Gasteiger charge is 2.50. The summed E-state index contributed by atoms with van der Waals surface area (Å²) >= 11 is 0. The molecule has 0 radical (unpaired) electrons. The average molecular weight is 775 g/mol. The van der Waals surface area contributed by atoms with Crippen LogP contribution >= 0.6 is 14.7 Å². The van der Waals surface area contributed by atoms with E-state index in [0.29, 0.717) is 5.56 Å². The summed E-state index contributed by atoms with van der Waals surface area (Å²) in [6, 6.07) is 37.5. The number of hydrogen-bond donors (Lipinski definition) is 0. The fourth-order valence-corrected chi connectivity index (χ4v) is 10.2. The van der Waals surface area contributed by atoms with Crippen molar-refractivity contribution in [2.75, 3.05) is 6.61 Å². The first-order valence-electron chi connectivity index (χ1n) is 16.9. The van der Waals surface area contributed by atoms with Gasteiger partial charge in [0.2, 0.25) is 5.79 Å². The van der Waals surface area contributed by atoms with Gasteiger partial charge in [-0.25, -0.2) is 17.6 Å². The van der Waals surface area contributed by atoms with Crippen molar-refractivity contribution < 1.29 is 45.2 Å². The molecule has 6 aromatic carbocycles. The summed E-state index contributed by atoms with van der Waals surface area (Å²) in [5, 5.41) is 0.229. The van der Waals surface area contributed by atoms with Gasteiger partial charge in [0.05, 0.1) is 13.2 Å². The molecule has 0 saturated carbocycles. The molecule has 0 aliphatic heterocycles. The normalized spacial score (nSPS) is 13.6. The molecule has 0 bridgehead atoms. The SMILES string of the molecule is C[C@@H](OP(=O)(c1ccc(F)cc1)c1ccc(F)cc1)[C@](COCc1ccccc1)(OCc1ccccc1)OP(=O)(c1ccc(F)cc1)c1ccc(F)cc1. The third-order valence-electron chi connectivity index (χ3n) is 8.62. The number of ether oxygens (including phenoxy) is 2. The van der Waals surface area contributed by atoms with E-state index in [4.69, 9.17) is 18.5 Å². The molecule has 0 aromatic heterocycles. The van der Waals surface area contributed by atoms with Crippen molar-refractivity contribution in [3.05, 3.63) is 192 Å². The zero-order valence-corrected chi connectivity index (χ0v) is 30.9. The maximum absolute atomic E-state index is 15.6. The van der Waals surface area contributed by atoms with Gasteiger partial charge >= 0.3 is 0 Å². The van der Waals surface area contributed by atoms with Gasteiger partial charge in [0.25, 0.3) is 14.7 Å². The highest BCUT2D eigenvalue weighted by atomic mass is 31.2. The summed E-state index contributed by atoms with van der Waals surface area (Å²) in [5.74, 6) is -4.55. The van der Waals surface area contributed by atoms with E-state index in [1.165, 1.54) is 55.5 Å². The highest BCUT2D eigenvalue weighted by Crippen LogP contribution is 2.54. The lowest BCUT2D eigenvalue weighted by Gasteiger charge is -2.41. The molecular formula is C42H36F4O6P2. The minimum absolute atomic E-state index is 0.0400. The van der Waals surface area contributed by atoms with Gasteiger partial charge < -0.3 is 14.0 Å². The molecule has 0 fully saturated rings. The van der Waals surface area contributed by atoms with Crippen molar-refractivity contribution in [3.8, 4) is 0 Å². The van der Waals surface area contributed by atoms with E-state index in [0.717, 1.165) is 54.1 Å². The second-order valence-corrected chi connectivity index (χ2v) is 17.1. The molecule has 0 unspecified atom stereocenters. The summed E-state index contributed by atoms with van der Waals surface area (Å²) in [4.78, 5) is 0. The standard InChI is InChI=1S/C42H36F4O6P2/c1-31(51-53(47,38-20-12-34(43)13-21-38)39-22-14-35(44)15-23-39)42(50-29-33-10-6-3-7-11-33,30-49-28-32-8-4-2-5-9-32)52-54(48,40-24-16-36(45)17-25-40)41-26-18-37(46)19-27-41/h2-27,31H,28-30H2,1H3/t31-,42-/m1/s1. The third-order valence-corrected chi connectivity index (χ3v) is 13.7. The van der Waals surface area contributed by atoms with Crippen LogP contribution in [0, 0.1) is 23.3 Å². The largest absolute Gasteiger partial charge is 0.371 e. The van der Waals surface area contributed by atoms with E-state index in [-0.39, 0.29) is 34.4 Å². The van der Waals surface area contributed by atoms with E-state index in [9.17, 15) is 17.6 Å². The Kier molecular flexibility index (Phi) is 12.4. The molecule has 0 saturated heterocycles. The van der Waals surface area contributed by atoms with Crippen LogP contribution in [-0.4, -0.2) is 18.5 Å². The van der Waals surface area contributed by atoms with Gasteiger partial charge in [0, 0.05) is 21.2 Å². The topological polar surface area (TPSA) is 71.1 Å². The molecule has 0 heterocycles. The number of benzene rings is 6. The molecule has 12 heteroatoms. The van der Waals surface area contributed by atoms with Crippen LogP contribution in [0.1, 0.15) is 18.1 Å². The van der Waals surface area contributed by atoms with E-state index in [1.54, 1.807) is 24.3 Å². The van der Waals surface area contributed by atoms with Crippen LogP contribution in [0.15, 0.2) is 158 Å². The zero-order chi connectivity index (χ0) is 38.2. The first kappa shape index (κ1) is 39.0. The monoisotopic (exact) mass is 774 g/mol. The van der Waals surface area contributed by atoms with Crippen molar-refractivity contribution in [1.82, 2.24) is 0 Å². The first-order valence-corrected chi connectivity index (χ1v) is 20.2. The summed E-state index contributed by atoms with van der Waals surface area (Å²) in [7, 11) is -8.66. The molecule has 278 valence electrons. The van der Waals surface area contributed by atoms with Crippen LogP contribution in [0.2, 0.25) is 0 Å². The molecule has 0 spiro atoms. The van der Waals surface area contributed by atoms with Crippen LogP contribution in [0.3, 0.4) is 0 Å². The molecule has 6 nitrogen and oxygen atoms in total. The molecule has 0 aliphatic rings. The van der Waals surface area contributed by atoms with Gasteiger partial charge in [0.15, 0.2) is 0 Å². The van der Waals surface area contributed by atoms with Crippen LogP contribution in [0.5, 0.6) is 0 Å². The molecule has 6 rings (SSSR count). The fraction of sp³-hybridized carbons (Fsp3) is 0.143. The second kappa shape index (κ2) is 17.2. The van der Waals surface area contributed by atoms with Crippen molar-refractivity contribution >= 4 is 36.0 Å². The Hall–Kier alpha value is -4.66. The van der Waals surface area contributed by atoms with Crippen molar-refractivity contribution in [2.45, 2.75) is 32.0 Å². The Morgan fingerprint density at radius 2 is 0.852 bits per heavy atom. The molecular weight excluding hydrogens is 738 g/mol. The van der Waals surface area contributed by atoms with Gasteiger partial charge in [-0.3, -0.25) is 13.7 Å². The Bertz CT molecular complexity index is 2110. The molecule has 6 aromatic rings. The van der Waals surface area contributed by atoms with Crippen LogP contribution < -0.4 is 21.2 Å². The number of halogens is 4. The maximum atomic E-state index is 15.6. The van der Waals surface area contributed by atoms with Crippen molar-refractivity contribution in [1.29, 1.82) is 0 Å².